The molecule has 2 rings (SSSR count). The minimum atomic E-state index is 0.0454. The lowest BCUT2D eigenvalue weighted by Crippen LogP contribution is -1.80. The Balaban J connectivity index is 0.000000921. The highest BCUT2D eigenvalue weighted by Gasteiger charge is 2.01. The number of phenols is 1. The molecule has 21 heavy (non-hydrogen) atoms. The van der Waals surface area contributed by atoms with E-state index in [9.17, 15) is 5.11 Å². The number of methoxy groups -OCH3 is 1. The fraction of sp³-hybridized carbons (Fsp3) is 0.294. The van der Waals surface area contributed by atoms with Crippen LogP contribution in [0.3, 0.4) is 0 Å². The third kappa shape index (κ3) is 6.56. The van der Waals surface area contributed by atoms with Crippen LogP contribution in [-0.2, 0) is 0 Å². The third-order valence-electron chi connectivity index (χ3n) is 2.21. The van der Waals surface area contributed by atoms with Crippen molar-refractivity contribution in [2.45, 2.75) is 27.7 Å². The molecule has 0 radical (unpaired) electrons. The Morgan fingerprint density at radius 1 is 0.857 bits per heavy atom. The van der Waals surface area contributed by atoms with E-state index in [2.05, 4.69) is 10.2 Å². The fourth-order valence-corrected chi connectivity index (χ4v) is 1.32. The second-order valence-electron chi connectivity index (χ2n) is 3.39. The number of aromatic hydroxyl groups is 1. The maximum Gasteiger partial charge on any atom is 0.146 e. The van der Waals surface area contributed by atoms with Crippen molar-refractivity contribution in [3.8, 4) is 11.5 Å². The summed E-state index contributed by atoms with van der Waals surface area (Å²) >= 11 is 0. The molecular weight excluding hydrogens is 264 g/mol. The second kappa shape index (κ2) is 11.5. The molecule has 2 aromatic rings. The van der Waals surface area contributed by atoms with E-state index in [4.69, 9.17) is 4.74 Å². The summed E-state index contributed by atoms with van der Waals surface area (Å²) < 4.78 is 4.98. The van der Waals surface area contributed by atoms with E-state index in [1.807, 2.05) is 58.0 Å². The van der Waals surface area contributed by atoms with Gasteiger partial charge in [-0.25, -0.2) is 0 Å². The maximum absolute atomic E-state index is 9.67. The molecule has 0 saturated carbocycles. The normalized spacial score (nSPS) is 9.19. The Kier molecular flexibility index (Phi) is 10.2. The summed E-state index contributed by atoms with van der Waals surface area (Å²) in [6.07, 6.45) is 0. The van der Waals surface area contributed by atoms with Crippen LogP contribution in [0.2, 0.25) is 0 Å². The molecule has 0 aliphatic carbocycles. The summed E-state index contributed by atoms with van der Waals surface area (Å²) in [5.74, 6) is 0.630. The number of nitrogens with zero attached hydrogens (tertiary/aromatic N) is 2. The van der Waals surface area contributed by atoms with Gasteiger partial charge in [-0.05, 0) is 24.3 Å². The number of rotatable bonds is 3. The van der Waals surface area contributed by atoms with Gasteiger partial charge in [-0.15, -0.1) is 5.11 Å². The Morgan fingerprint density at radius 3 is 2.00 bits per heavy atom. The molecule has 0 amide bonds. The highest BCUT2D eigenvalue weighted by molar-refractivity contribution is 5.54. The third-order valence-corrected chi connectivity index (χ3v) is 2.21. The molecule has 0 unspecified atom stereocenters. The number of hydrogen-bond donors (Lipinski definition) is 1. The van der Waals surface area contributed by atoms with Gasteiger partial charge in [0.1, 0.15) is 17.2 Å². The predicted molar refractivity (Wildman–Crippen MR) is 88.0 cm³/mol. The number of hydrogen-bond acceptors (Lipinski definition) is 4. The zero-order chi connectivity index (χ0) is 16.1. The van der Waals surface area contributed by atoms with Crippen LogP contribution >= 0.6 is 0 Å². The van der Waals surface area contributed by atoms with E-state index >= 15 is 0 Å². The first kappa shape index (κ1) is 18.6. The van der Waals surface area contributed by atoms with Crippen LogP contribution in [0.4, 0.5) is 11.4 Å². The number of phenolic OH excluding ortho intramolecular Hbond substituents is 1. The number of benzene rings is 2. The first-order chi connectivity index (χ1) is 10.3. The summed E-state index contributed by atoms with van der Waals surface area (Å²) in [7, 11) is 1.54. The largest absolute Gasteiger partial charge is 0.505 e. The molecular formula is C17H24N2O2. The van der Waals surface area contributed by atoms with Crippen molar-refractivity contribution in [1.29, 1.82) is 0 Å². The topological polar surface area (TPSA) is 54.2 Å². The van der Waals surface area contributed by atoms with Crippen LogP contribution < -0.4 is 4.74 Å². The zero-order valence-corrected chi connectivity index (χ0v) is 13.4. The van der Waals surface area contributed by atoms with Crippen LogP contribution in [-0.4, -0.2) is 12.2 Å². The first-order valence-corrected chi connectivity index (χ1v) is 7.13. The van der Waals surface area contributed by atoms with Gasteiger partial charge in [-0.1, -0.05) is 45.9 Å². The molecule has 0 saturated heterocycles. The second-order valence-corrected chi connectivity index (χ2v) is 3.39. The molecule has 0 heterocycles. The quantitative estimate of drug-likeness (QED) is 0.718. The van der Waals surface area contributed by atoms with Gasteiger partial charge < -0.3 is 9.84 Å². The highest BCUT2D eigenvalue weighted by atomic mass is 16.5. The van der Waals surface area contributed by atoms with Gasteiger partial charge in [0, 0.05) is 6.07 Å². The van der Waals surface area contributed by atoms with E-state index in [1.165, 1.54) is 6.07 Å². The first-order valence-electron chi connectivity index (χ1n) is 7.13. The van der Waals surface area contributed by atoms with Crippen LogP contribution in [0, 0.1) is 0 Å². The molecule has 0 fully saturated rings. The monoisotopic (exact) mass is 288 g/mol. The van der Waals surface area contributed by atoms with Crippen molar-refractivity contribution in [2.24, 2.45) is 10.2 Å². The average molecular weight is 288 g/mol. The Labute approximate surface area is 127 Å². The summed E-state index contributed by atoms with van der Waals surface area (Å²) in [5.41, 5.74) is 1.15. The SMILES string of the molecule is CC.CC.COc1ccc(N=Nc2ccccc2)c(O)c1. The zero-order valence-electron chi connectivity index (χ0n) is 13.4. The Morgan fingerprint density at radius 2 is 1.48 bits per heavy atom. The van der Waals surface area contributed by atoms with Crippen LogP contribution in [0.5, 0.6) is 11.5 Å². The van der Waals surface area contributed by atoms with Crippen molar-refractivity contribution in [3.63, 3.8) is 0 Å². The Hall–Kier alpha value is -2.36. The lowest BCUT2D eigenvalue weighted by molar-refractivity contribution is 0.408. The van der Waals surface area contributed by atoms with E-state index in [0.717, 1.165) is 5.69 Å². The summed E-state index contributed by atoms with van der Waals surface area (Å²) in [6.45, 7) is 8.00. The van der Waals surface area contributed by atoms with Crippen LogP contribution in [0.15, 0.2) is 58.8 Å². The van der Waals surface area contributed by atoms with Gasteiger partial charge in [0.25, 0.3) is 0 Å². The molecule has 0 aromatic heterocycles. The van der Waals surface area contributed by atoms with Crippen molar-refractivity contribution in [2.75, 3.05) is 7.11 Å². The van der Waals surface area contributed by atoms with Gasteiger partial charge in [0.05, 0.1) is 12.8 Å². The molecule has 0 aliphatic rings. The lowest BCUT2D eigenvalue weighted by Gasteiger charge is -2.01. The van der Waals surface area contributed by atoms with Crippen molar-refractivity contribution >= 4 is 11.4 Å². The van der Waals surface area contributed by atoms with E-state index in [-0.39, 0.29) is 5.75 Å². The van der Waals surface area contributed by atoms with Crippen molar-refractivity contribution < 1.29 is 9.84 Å². The molecule has 4 nitrogen and oxygen atoms in total. The molecule has 4 heteroatoms. The Bertz CT molecular complexity index is 526. The average Bonchev–Trinajstić information content (AvgIpc) is 2.58. The van der Waals surface area contributed by atoms with Gasteiger partial charge in [-0.3, -0.25) is 0 Å². The lowest BCUT2D eigenvalue weighted by atomic mass is 10.3. The maximum atomic E-state index is 9.67. The van der Waals surface area contributed by atoms with Gasteiger partial charge >= 0.3 is 0 Å². The standard InChI is InChI=1S/C13H12N2O2.2C2H6/c1-17-11-7-8-12(13(16)9-11)15-14-10-5-3-2-4-6-10;2*1-2/h2-9,16H,1H3;2*1-2H3. The van der Waals surface area contributed by atoms with Gasteiger partial charge in [-0.2, -0.15) is 5.11 Å². The molecule has 0 aliphatic heterocycles. The number of azo groups is 1. The summed E-state index contributed by atoms with van der Waals surface area (Å²) in [6, 6.07) is 14.2. The van der Waals surface area contributed by atoms with Crippen LogP contribution in [0.25, 0.3) is 0 Å². The van der Waals surface area contributed by atoms with Crippen LogP contribution in [0.1, 0.15) is 27.7 Å². The van der Waals surface area contributed by atoms with Gasteiger partial charge in [0.2, 0.25) is 0 Å². The van der Waals surface area contributed by atoms with E-state index in [1.54, 1.807) is 19.2 Å². The molecule has 114 valence electrons. The predicted octanol–water partition coefficient (Wildman–Crippen LogP) is 5.87. The number of ether oxygens (including phenoxy) is 1. The fourth-order valence-electron chi connectivity index (χ4n) is 1.32. The summed E-state index contributed by atoms with van der Waals surface area (Å²) in [5, 5.41) is 17.7. The molecule has 0 atom stereocenters. The van der Waals surface area contributed by atoms with Gasteiger partial charge in [0.15, 0.2) is 0 Å². The minimum absolute atomic E-state index is 0.0454. The summed E-state index contributed by atoms with van der Waals surface area (Å²) in [4.78, 5) is 0. The molecule has 0 bridgehead atoms. The molecule has 0 spiro atoms. The van der Waals surface area contributed by atoms with E-state index in [0.29, 0.717) is 11.4 Å². The minimum Gasteiger partial charge on any atom is -0.505 e. The highest BCUT2D eigenvalue weighted by Crippen LogP contribution is 2.31. The van der Waals surface area contributed by atoms with Crippen molar-refractivity contribution in [1.82, 2.24) is 0 Å². The van der Waals surface area contributed by atoms with E-state index < -0.39 is 0 Å². The smallest absolute Gasteiger partial charge is 0.146 e. The molecule has 1 N–H and O–H groups in total. The molecule has 2 aromatic carbocycles. The van der Waals surface area contributed by atoms with Crippen molar-refractivity contribution in [3.05, 3.63) is 48.5 Å².